The van der Waals surface area contributed by atoms with Crippen LogP contribution in [0.1, 0.15) is 336 Å². The molecule has 25 heteroatoms. The molecule has 4 bridgehead atoms. The Kier molecular flexibility index (Phi) is 34.2. The van der Waals surface area contributed by atoms with Crippen molar-refractivity contribution in [1.82, 2.24) is 4.90 Å². The van der Waals surface area contributed by atoms with E-state index in [9.17, 15) is 52.7 Å². The van der Waals surface area contributed by atoms with E-state index in [0.29, 0.717) is 76.4 Å². The Labute approximate surface area is 688 Å². The molecule has 11 rings (SSSR count). The maximum atomic E-state index is 12.2. The molecule has 115 heavy (non-hydrogen) atoms. The van der Waals surface area contributed by atoms with Crippen LogP contribution in [0.4, 0.5) is 0 Å². The van der Waals surface area contributed by atoms with E-state index < -0.39 is 70.2 Å². The summed E-state index contributed by atoms with van der Waals surface area (Å²) in [4.78, 5) is 131. The van der Waals surface area contributed by atoms with Gasteiger partial charge in [-0.05, 0) is 253 Å². The van der Waals surface area contributed by atoms with Crippen LogP contribution >= 0.6 is 0 Å². The maximum Gasteiger partial charge on any atom is 0.347 e. The fourth-order valence-electron chi connectivity index (χ4n) is 14.9. The molecule has 0 N–H and O–H groups in total. The molecule has 11 aliphatic rings. The predicted octanol–water partition coefficient (Wildman–Crippen LogP) is 16.1. The molecule has 9 saturated heterocycles. The van der Waals surface area contributed by atoms with Crippen LogP contribution in [-0.4, -0.2) is 180 Å². The van der Waals surface area contributed by atoms with Crippen LogP contribution in [0.3, 0.4) is 0 Å². The van der Waals surface area contributed by atoms with E-state index in [2.05, 4.69) is 67.3 Å². The van der Waals surface area contributed by atoms with Crippen molar-refractivity contribution in [1.29, 1.82) is 0 Å². The van der Waals surface area contributed by atoms with E-state index in [0.717, 1.165) is 57.8 Å². The molecule has 0 spiro atoms. The number of cyclic esters (lactones) is 2. The van der Waals surface area contributed by atoms with Gasteiger partial charge in [0.25, 0.3) is 0 Å². The van der Waals surface area contributed by atoms with Gasteiger partial charge in [-0.2, -0.15) is 0 Å². The second kappa shape index (κ2) is 39.5. The van der Waals surface area contributed by atoms with E-state index in [4.69, 9.17) is 61.6 Å². The van der Waals surface area contributed by atoms with Gasteiger partial charge in [0.1, 0.15) is 29.5 Å². The number of nitrogens with zero attached hydrogens (tertiary/aromatic N) is 1. The first-order valence-corrected chi connectivity index (χ1v) is 43.2. The number of carbonyl (C=O) groups excluding carboxylic acids is 11. The van der Waals surface area contributed by atoms with E-state index in [1.807, 2.05) is 118 Å². The number of fused-ring (bicyclic) bond motifs is 2. The molecule has 0 radical (unpaired) electrons. The number of hydrogen-bond acceptors (Lipinski definition) is 25. The van der Waals surface area contributed by atoms with Gasteiger partial charge >= 0.3 is 65.7 Å². The van der Waals surface area contributed by atoms with E-state index in [1.54, 1.807) is 27.7 Å². The van der Waals surface area contributed by atoms with E-state index in [-0.39, 0.29) is 135 Å². The highest BCUT2D eigenvalue weighted by molar-refractivity contribution is 5.84. The number of carbonyl (C=O) groups is 11. The third-order valence-corrected chi connectivity index (χ3v) is 27.5. The minimum absolute atomic E-state index is 0.0226. The monoisotopic (exact) mass is 1630 g/mol. The molecular formula is C90H151NO24. The average Bonchev–Trinajstić information content (AvgIpc) is 1.57. The average molecular weight is 1630 g/mol. The molecule has 9 heterocycles. The molecule has 0 aromatic rings. The molecule has 0 amide bonds. The van der Waals surface area contributed by atoms with Crippen LogP contribution < -0.4 is 0 Å². The van der Waals surface area contributed by atoms with Crippen molar-refractivity contribution >= 4 is 65.7 Å². The van der Waals surface area contributed by atoms with Crippen molar-refractivity contribution in [3.63, 3.8) is 0 Å². The van der Waals surface area contributed by atoms with Crippen LogP contribution in [0.2, 0.25) is 0 Å². The summed E-state index contributed by atoms with van der Waals surface area (Å²) in [7, 11) is 2.16. The zero-order valence-corrected chi connectivity index (χ0v) is 76.2. The molecule has 11 fully saturated rings. The number of hydrogen-bond donors (Lipinski definition) is 0. The molecule has 12 unspecified atom stereocenters. The number of ether oxygens (including phenoxy) is 13. The predicted molar refractivity (Wildman–Crippen MR) is 432 cm³/mol. The maximum absolute atomic E-state index is 12.2. The van der Waals surface area contributed by atoms with Gasteiger partial charge in [0.05, 0.1) is 75.2 Å². The fraction of sp³-hybridized carbons (Fsp3) is 0.878. The molecule has 12 atom stereocenters. The van der Waals surface area contributed by atoms with Gasteiger partial charge in [0.2, 0.25) is 12.2 Å². The second-order valence-corrected chi connectivity index (χ2v) is 40.1. The van der Waals surface area contributed by atoms with Gasteiger partial charge in [-0.3, -0.25) is 48.1 Å². The molecule has 2 saturated carbocycles. The van der Waals surface area contributed by atoms with Crippen molar-refractivity contribution in [2.75, 3.05) is 20.3 Å². The summed E-state index contributed by atoms with van der Waals surface area (Å²) in [6, 6.07) is 0. The molecule has 660 valence electrons. The quantitative estimate of drug-likeness (QED) is 0.0677. The van der Waals surface area contributed by atoms with E-state index >= 15 is 0 Å². The van der Waals surface area contributed by atoms with Crippen molar-refractivity contribution in [2.24, 2.45) is 61.6 Å². The van der Waals surface area contributed by atoms with Gasteiger partial charge in [0.15, 0.2) is 24.4 Å². The highest BCUT2D eigenvalue weighted by atomic mass is 16.7. The van der Waals surface area contributed by atoms with Gasteiger partial charge < -0.3 is 61.6 Å². The molecular weight excluding hydrogens is 1480 g/mol. The van der Waals surface area contributed by atoms with Gasteiger partial charge in [-0.25, -0.2) is 9.59 Å². The minimum atomic E-state index is -0.687. The third kappa shape index (κ3) is 24.4. The lowest BCUT2D eigenvalue weighted by molar-refractivity contribution is -0.176. The van der Waals surface area contributed by atoms with Crippen LogP contribution in [0.5, 0.6) is 0 Å². The van der Waals surface area contributed by atoms with E-state index in [1.165, 1.54) is 25.7 Å². The molecule has 0 aromatic heterocycles. The largest absolute Gasteiger partial charge is 0.463 e. The first-order chi connectivity index (χ1) is 52.9. The smallest absolute Gasteiger partial charge is 0.347 e. The number of rotatable bonds is 23. The van der Waals surface area contributed by atoms with Crippen LogP contribution in [0.15, 0.2) is 0 Å². The van der Waals surface area contributed by atoms with Crippen LogP contribution in [0, 0.1) is 61.6 Å². The number of piperidine rings is 1. The normalized spacial score (nSPS) is 27.8. The lowest BCUT2D eigenvalue weighted by Gasteiger charge is -2.53. The second-order valence-electron chi connectivity index (χ2n) is 40.1. The van der Waals surface area contributed by atoms with Crippen LogP contribution in [0.25, 0.3) is 0 Å². The SMILES string of the molecule is CCC(C)(C)C(=O)OC1(C(C)C)CCCC1.CCC(C)(C)C(=O)OC1(C(C)C)CCCC1.CCC(C)(C)C(=O)OC1C2CC3C(=O)OC1C3O2.CCC(C)(C)C(=O)OC1C2CC3C(=O)OC1C3O2.CCC(C)(C)C(=O)OC1CC(C)(C)N(C)C(C)(C)C1.CCC(C)(C)C(=O)OC1CCOC1=O.CCC(C)(C)C(=O)OC1CCOC1=O. The fourth-order valence-corrected chi connectivity index (χ4v) is 14.9. The highest BCUT2D eigenvalue weighted by Crippen LogP contribution is 2.51. The summed E-state index contributed by atoms with van der Waals surface area (Å²) in [5, 5.41) is 0. The van der Waals surface area contributed by atoms with Gasteiger partial charge in [0, 0.05) is 36.8 Å². The van der Waals surface area contributed by atoms with Crippen LogP contribution in [-0.2, 0) is 114 Å². The molecule has 0 aromatic carbocycles. The zero-order valence-electron chi connectivity index (χ0n) is 76.2. The molecule has 9 aliphatic heterocycles. The number of esters is 11. The van der Waals surface area contributed by atoms with Crippen molar-refractivity contribution < 1.29 is 114 Å². The summed E-state index contributed by atoms with van der Waals surface area (Å²) in [6.07, 6.45) is 14.5. The first-order valence-electron chi connectivity index (χ1n) is 43.2. The minimum Gasteiger partial charge on any atom is -0.463 e. The standard InChI is InChI=1S/C16H31NO2.2C14H26O2.2C13H18O5.2C10H16O4/c1-9-14(2,3)13(18)19-12-10-15(4,5)17(8)16(6,7)11-12;2*1-6-13(4,5)12(15)16-14(11(2)3)9-7-8-10-14;2*1-4-13(2,3)12(15)18-9-7-5-6-8(16-7)10(9)17-11(6)14;2*1-4-10(2,3)9(12)14-7-5-6-13-8(7)11/h12H,9-11H2,1-8H3;2*11H,6-10H2,1-5H3;2*6-10H,4-5H2,1-3H3;2*7H,4-6H2,1-3H3. The lowest BCUT2D eigenvalue weighted by atomic mass is 9.78. The third-order valence-electron chi connectivity index (χ3n) is 27.5. The highest BCUT2D eigenvalue weighted by Gasteiger charge is 2.67. The zero-order chi connectivity index (χ0) is 87.5. The summed E-state index contributed by atoms with van der Waals surface area (Å²) in [6.45, 7) is 58.5. The Morgan fingerprint density at radius 3 is 0.904 bits per heavy atom. The summed E-state index contributed by atoms with van der Waals surface area (Å²) in [5.74, 6) is -1.96. The Morgan fingerprint density at radius 2 is 0.652 bits per heavy atom. The van der Waals surface area contributed by atoms with Gasteiger partial charge in [-0.1, -0.05) is 76.2 Å². The summed E-state index contributed by atoms with van der Waals surface area (Å²) < 4.78 is 70.0. The topological polar surface area (TPSA) is 311 Å². The van der Waals surface area contributed by atoms with Crippen molar-refractivity contribution in [2.45, 2.75) is 425 Å². The Balaban J connectivity index is 0.000000240. The van der Waals surface area contributed by atoms with Gasteiger partial charge in [-0.15, -0.1) is 0 Å². The summed E-state index contributed by atoms with van der Waals surface area (Å²) in [5.41, 5.74) is -3.37. The first kappa shape index (κ1) is 99.6. The summed E-state index contributed by atoms with van der Waals surface area (Å²) >= 11 is 0. The Morgan fingerprint density at radius 1 is 0.391 bits per heavy atom. The molecule has 2 aliphatic carbocycles. The lowest BCUT2D eigenvalue weighted by Crippen LogP contribution is -2.60. The Bertz CT molecular complexity index is 3140. The molecule has 25 nitrogen and oxygen atoms in total. The van der Waals surface area contributed by atoms with Crippen molar-refractivity contribution in [3.05, 3.63) is 0 Å². The number of likely N-dealkylation sites (tertiary alicyclic amines) is 1. The van der Waals surface area contributed by atoms with Crippen molar-refractivity contribution in [3.8, 4) is 0 Å². The Hall–Kier alpha value is -5.95.